The maximum atomic E-state index is 11.6. The Morgan fingerprint density at radius 3 is 2.23 bits per heavy atom. The van der Waals surface area contributed by atoms with Gasteiger partial charge in [0.2, 0.25) is 0 Å². The van der Waals surface area contributed by atoms with Gasteiger partial charge in [-0.05, 0) is 59.9 Å². The van der Waals surface area contributed by atoms with Gasteiger partial charge in [0.25, 0.3) is 0 Å². The molecule has 2 unspecified atom stereocenters. The summed E-state index contributed by atoms with van der Waals surface area (Å²) in [4.78, 5) is 22.7. The summed E-state index contributed by atoms with van der Waals surface area (Å²) in [7, 11) is 0. The fourth-order valence-electron chi connectivity index (χ4n) is 3.68. The van der Waals surface area contributed by atoms with Gasteiger partial charge in [-0.3, -0.25) is 0 Å². The molecule has 1 heterocycles. The Morgan fingerprint density at radius 1 is 1.00 bits per heavy atom. The smallest absolute Gasteiger partial charge is 0.407 e. The minimum absolute atomic E-state index is 0.00763. The van der Waals surface area contributed by atoms with Gasteiger partial charge in [0.15, 0.2) is 0 Å². The van der Waals surface area contributed by atoms with Crippen molar-refractivity contribution in [1.29, 1.82) is 0 Å². The summed E-state index contributed by atoms with van der Waals surface area (Å²) in [5.41, 5.74) is 9.63. The van der Waals surface area contributed by atoms with E-state index in [1.807, 2.05) is 72.8 Å². The molecular formula is C25H24N2O4. The number of carbonyl (C=O) groups excluding carboxylic acids is 2. The maximum Gasteiger partial charge on any atom is 0.407 e. The van der Waals surface area contributed by atoms with Gasteiger partial charge >= 0.3 is 6.09 Å². The molecule has 0 spiro atoms. The van der Waals surface area contributed by atoms with Crippen LogP contribution >= 0.6 is 0 Å². The average molecular weight is 416 g/mol. The van der Waals surface area contributed by atoms with Gasteiger partial charge in [-0.1, -0.05) is 42.5 Å². The van der Waals surface area contributed by atoms with Crippen molar-refractivity contribution < 1.29 is 19.1 Å². The van der Waals surface area contributed by atoms with Gasteiger partial charge in [0, 0.05) is 11.6 Å². The van der Waals surface area contributed by atoms with Gasteiger partial charge in [0.1, 0.15) is 24.4 Å². The number of hydrogen-bond donors (Lipinski definition) is 2. The molecule has 0 bridgehead atoms. The lowest BCUT2D eigenvalue weighted by Gasteiger charge is -2.14. The molecule has 0 aromatic heterocycles. The zero-order chi connectivity index (χ0) is 21.6. The van der Waals surface area contributed by atoms with Crippen LogP contribution in [0.25, 0.3) is 0 Å². The minimum atomic E-state index is -0.361. The van der Waals surface area contributed by atoms with Crippen molar-refractivity contribution >= 4 is 18.1 Å². The highest BCUT2D eigenvalue weighted by molar-refractivity contribution is 5.69. The number of rotatable bonds is 8. The normalized spacial score (nSPS) is 16.3. The van der Waals surface area contributed by atoms with Crippen LogP contribution in [0.2, 0.25) is 0 Å². The molecule has 6 heteroatoms. The molecule has 3 aromatic rings. The Morgan fingerprint density at radius 2 is 1.65 bits per heavy atom. The number of benzene rings is 3. The highest BCUT2D eigenvalue weighted by atomic mass is 16.6. The van der Waals surface area contributed by atoms with E-state index in [9.17, 15) is 9.59 Å². The molecule has 4 rings (SSSR count). The van der Waals surface area contributed by atoms with Crippen LogP contribution in [-0.2, 0) is 22.4 Å². The zero-order valence-corrected chi connectivity index (χ0v) is 17.0. The second-order valence-corrected chi connectivity index (χ2v) is 7.61. The van der Waals surface area contributed by atoms with Crippen LogP contribution in [0.3, 0.4) is 0 Å². The van der Waals surface area contributed by atoms with Crippen LogP contribution in [-0.4, -0.2) is 25.0 Å². The summed E-state index contributed by atoms with van der Waals surface area (Å²) >= 11 is 0. The fourth-order valence-corrected chi connectivity index (χ4v) is 3.68. The van der Waals surface area contributed by atoms with Crippen molar-refractivity contribution in [1.82, 2.24) is 5.32 Å². The number of nitrogen functional groups attached to an aromatic ring is 1. The number of carbonyl (C=O) groups is 2. The molecule has 3 aromatic carbocycles. The van der Waals surface area contributed by atoms with Gasteiger partial charge in [-0.15, -0.1) is 0 Å². The predicted molar refractivity (Wildman–Crippen MR) is 118 cm³/mol. The Bertz CT molecular complexity index is 1050. The van der Waals surface area contributed by atoms with E-state index in [1.165, 1.54) is 0 Å². The molecule has 0 radical (unpaired) electrons. The van der Waals surface area contributed by atoms with E-state index in [2.05, 4.69) is 5.32 Å². The van der Waals surface area contributed by atoms with Crippen molar-refractivity contribution in [2.75, 3.05) is 12.3 Å². The number of amides is 1. The number of nitrogens with one attached hydrogen (secondary N) is 1. The van der Waals surface area contributed by atoms with Gasteiger partial charge in [-0.2, -0.15) is 0 Å². The van der Waals surface area contributed by atoms with E-state index in [1.54, 1.807) is 0 Å². The maximum absolute atomic E-state index is 11.6. The summed E-state index contributed by atoms with van der Waals surface area (Å²) in [6.45, 7) is 0.394. The third-order valence-corrected chi connectivity index (χ3v) is 5.32. The van der Waals surface area contributed by atoms with Crippen molar-refractivity contribution in [2.45, 2.75) is 24.8 Å². The molecule has 3 N–H and O–H groups in total. The van der Waals surface area contributed by atoms with Crippen LogP contribution in [0, 0.1) is 0 Å². The zero-order valence-electron chi connectivity index (χ0n) is 17.0. The summed E-state index contributed by atoms with van der Waals surface area (Å²) in [6.07, 6.45) is 1.87. The standard InChI is InChI=1S/C25H24N2O4/c26-24-4-2-1-3-23(24)19(15-28)13-17-5-9-21(10-6-17)31-22-11-7-18(8-12-22)14-20-16-30-25(29)27-20/h1-12,15,19-20H,13-14,16,26H2,(H,27,29). The first-order valence-electron chi connectivity index (χ1n) is 10.2. The second kappa shape index (κ2) is 9.34. The van der Waals surface area contributed by atoms with Crippen LogP contribution < -0.4 is 15.8 Å². The fraction of sp³-hybridized carbons (Fsp3) is 0.200. The van der Waals surface area contributed by atoms with Crippen molar-refractivity contribution in [3.05, 3.63) is 89.5 Å². The molecule has 6 nitrogen and oxygen atoms in total. The quantitative estimate of drug-likeness (QED) is 0.423. The van der Waals surface area contributed by atoms with E-state index in [0.29, 0.717) is 25.1 Å². The molecule has 1 aliphatic heterocycles. The largest absolute Gasteiger partial charge is 0.457 e. The number of ether oxygens (including phenoxy) is 2. The molecule has 31 heavy (non-hydrogen) atoms. The summed E-state index contributed by atoms with van der Waals surface area (Å²) in [6, 6.07) is 22.9. The van der Waals surface area contributed by atoms with Crippen LogP contribution in [0.4, 0.5) is 10.5 Å². The van der Waals surface area contributed by atoms with E-state index in [4.69, 9.17) is 15.2 Å². The first kappa shape index (κ1) is 20.5. The Hall–Kier alpha value is -3.80. The monoisotopic (exact) mass is 416 g/mol. The average Bonchev–Trinajstić information content (AvgIpc) is 3.20. The molecule has 1 saturated heterocycles. The number of para-hydroxylation sites is 1. The lowest BCUT2D eigenvalue weighted by Crippen LogP contribution is -2.28. The van der Waals surface area contributed by atoms with Crippen molar-refractivity contribution in [2.24, 2.45) is 0 Å². The van der Waals surface area contributed by atoms with Crippen LogP contribution in [0.15, 0.2) is 72.8 Å². The predicted octanol–water partition coefficient (Wildman–Crippen LogP) is 4.24. The first-order valence-corrected chi connectivity index (χ1v) is 10.2. The molecule has 1 amide bonds. The second-order valence-electron chi connectivity index (χ2n) is 7.61. The topological polar surface area (TPSA) is 90.7 Å². The number of aldehydes is 1. The molecule has 0 aliphatic carbocycles. The number of cyclic esters (lactones) is 1. The summed E-state index contributed by atoms with van der Waals surface area (Å²) in [5.74, 6) is 1.16. The van der Waals surface area contributed by atoms with Gasteiger partial charge < -0.3 is 25.3 Å². The van der Waals surface area contributed by atoms with E-state index < -0.39 is 0 Å². The Labute approximate surface area is 181 Å². The number of hydrogen-bond acceptors (Lipinski definition) is 5. The van der Waals surface area contributed by atoms with Gasteiger partial charge in [0.05, 0.1) is 6.04 Å². The third-order valence-electron chi connectivity index (χ3n) is 5.32. The molecular weight excluding hydrogens is 392 g/mol. The number of alkyl carbamates (subject to hydrolysis) is 1. The van der Waals surface area contributed by atoms with E-state index in [0.717, 1.165) is 34.5 Å². The lowest BCUT2D eigenvalue weighted by atomic mass is 9.92. The van der Waals surface area contributed by atoms with Gasteiger partial charge in [-0.25, -0.2) is 4.79 Å². The van der Waals surface area contributed by atoms with E-state index >= 15 is 0 Å². The van der Waals surface area contributed by atoms with Crippen LogP contribution in [0.1, 0.15) is 22.6 Å². The first-order chi connectivity index (χ1) is 15.1. The molecule has 1 fully saturated rings. The molecule has 2 atom stereocenters. The Kier molecular flexibility index (Phi) is 6.17. The summed E-state index contributed by atoms with van der Waals surface area (Å²) in [5, 5.41) is 2.77. The Balaban J connectivity index is 1.35. The van der Waals surface area contributed by atoms with Crippen molar-refractivity contribution in [3.8, 4) is 11.5 Å². The highest BCUT2D eigenvalue weighted by Crippen LogP contribution is 2.27. The molecule has 1 aliphatic rings. The third kappa shape index (κ3) is 5.22. The SMILES string of the molecule is Nc1ccccc1C(C=O)Cc1ccc(Oc2ccc(CC3COC(=O)N3)cc2)cc1. The van der Waals surface area contributed by atoms with E-state index in [-0.39, 0.29) is 18.1 Å². The number of anilines is 1. The highest BCUT2D eigenvalue weighted by Gasteiger charge is 2.22. The lowest BCUT2D eigenvalue weighted by molar-refractivity contribution is -0.109. The minimum Gasteiger partial charge on any atom is -0.457 e. The summed E-state index contributed by atoms with van der Waals surface area (Å²) < 4.78 is 10.8. The molecule has 0 saturated carbocycles. The van der Waals surface area contributed by atoms with Crippen molar-refractivity contribution in [3.63, 3.8) is 0 Å². The number of nitrogens with two attached hydrogens (primary N) is 1. The van der Waals surface area contributed by atoms with Crippen LogP contribution in [0.5, 0.6) is 11.5 Å². The molecule has 158 valence electrons.